The fourth-order valence-corrected chi connectivity index (χ4v) is 3.28. The van der Waals surface area contributed by atoms with E-state index in [0.717, 1.165) is 31.6 Å². The number of nitrogens with zero attached hydrogens (tertiary/aromatic N) is 4. The summed E-state index contributed by atoms with van der Waals surface area (Å²) >= 11 is 0. The summed E-state index contributed by atoms with van der Waals surface area (Å²) in [5.41, 5.74) is 2.61. The van der Waals surface area contributed by atoms with Gasteiger partial charge in [0.05, 0.1) is 5.69 Å². The normalized spacial score (nSPS) is 17.9. The number of benzene rings is 1. The molecule has 0 saturated carbocycles. The van der Waals surface area contributed by atoms with Gasteiger partial charge in [-0.25, -0.2) is 4.98 Å². The van der Waals surface area contributed by atoms with Crippen LogP contribution in [0.15, 0.2) is 18.2 Å². The minimum absolute atomic E-state index is 0.0908. The smallest absolute Gasteiger partial charge is 0.243 e. The largest absolute Gasteiger partial charge is 0.507 e. The van der Waals surface area contributed by atoms with Crippen LogP contribution in [0, 0.1) is 12.3 Å². The number of anilines is 1. The van der Waals surface area contributed by atoms with Crippen molar-refractivity contribution in [3.05, 3.63) is 29.5 Å². The summed E-state index contributed by atoms with van der Waals surface area (Å²) < 4.78 is 0. The van der Waals surface area contributed by atoms with Crippen LogP contribution in [0.5, 0.6) is 5.75 Å². The predicted octanol–water partition coefficient (Wildman–Crippen LogP) is 2.86. The molecule has 1 saturated heterocycles. The number of hydrogen-bond acceptors (Lipinski definition) is 6. The Labute approximate surface area is 154 Å². The number of likely N-dealkylation sites (N-methyl/N-ethyl adjacent to an activating group) is 1. The average molecular weight is 351 g/mol. The molecule has 0 bridgehead atoms. The molecular formula is C20H25N5O. The van der Waals surface area contributed by atoms with Crippen LogP contribution in [0.25, 0.3) is 11.3 Å². The quantitative estimate of drug-likeness (QED) is 0.825. The van der Waals surface area contributed by atoms with Crippen LogP contribution in [0.3, 0.4) is 0 Å². The van der Waals surface area contributed by atoms with Crippen LogP contribution >= 0.6 is 0 Å². The molecule has 2 heterocycles. The van der Waals surface area contributed by atoms with Crippen LogP contribution in [-0.4, -0.2) is 51.4 Å². The molecule has 0 amide bonds. The number of likely N-dealkylation sites (tertiary alicyclic amines) is 1. The highest BCUT2D eigenvalue weighted by Crippen LogP contribution is 2.33. The molecule has 1 fully saturated rings. The van der Waals surface area contributed by atoms with Gasteiger partial charge < -0.3 is 15.3 Å². The molecule has 6 nitrogen and oxygen atoms in total. The maximum absolute atomic E-state index is 10.3. The van der Waals surface area contributed by atoms with E-state index in [-0.39, 0.29) is 11.7 Å². The van der Waals surface area contributed by atoms with Gasteiger partial charge in [-0.3, -0.25) is 0 Å². The van der Waals surface area contributed by atoms with Gasteiger partial charge in [0.1, 0.15) is 11.4 Å². The zero-order valence-corrected chi connectivity index (χ0v) is 15.5. The molecule has 1 aromatic carbocycles. The first-order valence-corrected chi connectivity index (χ1v) is 8.97. The Balaban J connectivity index is 1.91. The van der Waals surface area contributed by atoms with Gasteiger partial charge >= 0.3 is 0 Å². The van der Waals surface area contributed by atoms with Crippen LogP contribution in [-0.2, 0) is 0 Å². The molecule has 2 N–H and O–H groups in total. The van der Waals surface area contributed by atoms with E-state index in [4.69, 9.17) is 11.4 Å². The molecule has 1 atom stereocenters. The number of aromatic nitrogens is 3. The maximum atomic E-state index is 10.3. The molecule has 1 aliphatic heterocycles. The van der Waals surface area contributed by atoms with E-state index in [1.54, 1.807) is 18.2 Å². The Morgan fingerprint density at radius 2 is 2.15 bits per heavy atom. The summed E-state index contributed by atoms with van der Waals surface area (Å²) in [7, 11) is 2.12. The Morgan fingerprint density at radius 1 is 1.35 bits per heavy atom. The molecule has 0 unspecified atom stereocenters. The van der Waals surface area contributed by atoms with Gasteiger partial charge in [-0.05, 0) is 50.6 Å². The third kappa shape index (κ3) is 3.94. The summed E-state index contributed by atoms with van der Waals surface area (Å²) in [5, 5.41) is 22.4. The third-order valence-electron chi connectivity index (χ3n) is 4.64. The molecule has 1 aliphatic rings. The van der Waals surface area contributed by atoms with Crippen molar-refractivity contribution in [1.82, 2.24) is 20.1 Å². The van der Waals surface area contributed by atoms with E-state index >= 15 is 0 Å². The van der Waals surface area contributed by atoms with E-state index in [9.17, 15) is 5.11 Å². The summed E-state index contributed by atoms with van der Waals surface area (Å²) in [5.74, 6) is 3.29. The van der Waals surface area contributed by atoms with Crippen LogP contribution in [0.4, 0.5) is 5.95 Å². The Kier molecular flexibility index (Phi) is 5.38. The molecule has 136 valence electrons. The zero-order chi connectivity index (χ0) is 18.7. The van der Waals surface area contributed by atoms with Crippen molar-refractivity contribution in [2.24, 2.45) is 0 Å². The van der Waals surface area contributed by atoms with Gasteiger partial charge in [0.25, 0.3) is 0 Å². The lowest BCUT2D eigenvalue weighted by molar-refractivity contribution is 0.260. The standard InChI is InChI=1S/C20H25N5O/c1-5-14-8-9-16(17(26)11-14)19-18(13(2)3)22-20(24-23-19)21-15-7-6-10-25(4)12-15/h1,8-9,11,13,15,26H,6-7,10,12H2,2-4H3,(H,21,22,24)/t15-/m1/s1. The molecular weight excluding hydrogens is 326 g/mol. The van der Waals surface area contributed by atoms with Crippen LogP contribution < -0.4 is 5.32 Å². The molecule has 0 aliphatic carbocycles. The summed E-state index contributed by atoms with van der Waals surface area (Å²) in [6, 6.07) is 5.44. The average Bonchev–Trinajstić information content (AvgIpc) is 2.62. The number of hydrogen-bond donors (Lipinski definition) is 2. The SMILES string of the molecule is C#Cc1ccc(-c2nnc(N[C@@H]3CCCN(C)C3)nc2C(C)C)c(O)c1. The molecule has 26 heavy (non-hydrogen) atoms. The van der Waals surface area contributed by atoms with E-state index in [0.29, 0.717) is 28.8 Å². The van der Waals surface area contributed by atoms with Gasteiger partial charge in [0.2, 0.25) is 5.95 Å². The molecule has 1 aromatic heterocycles. The van der Waals surface area contributed by atoms with Crippen LogP contribution in [0.2, 0.25) is 0 Å². The summed E-state index contributed by atoms with van der Waals surface area (Å²) in [4.78, 5) is 7.00. The summed E-state index contributed by atoms with van der Waals surface area (Å²) in [6.07, 6.45) is 7.65. The molecule has 2 aromatic rings. The topological polar surface area (TPSA) is 74.2 Å². The maximum Gasteiger partial charge on any atom is 0.243 e. The second-order valence-corrected chi connectivity index (χ2v) is 7.15. The first kappa shape index (κ1) is 18.2. The lowest BCUT2D eigenvalue weighted by Gasteiger charge is -2.30. The van der Waals surface area contributed by atoms with Crippen molar-refractivity contribution in [2.45, 2.75) is 38.6 Å². The van der Waals surface area contributed by atoms with Crippen molar-refractivity contribution in [2.75, 3.05) is 25.5 Å². The van der Waals surface area contributed by atoms with Gasteiger partial charge in [-0.1, -0.05) is 19.8 Å². The second-order valence-electron chi connectivity index (χ2n) is 7.15. The highest BCUT2D eigenvalue weighted by molar-refractivity contribution is 5.70. The van der Waals surface area contributed by atoms with Gasteiger partial charge in [0.15, 0.2) is 0 Å². The van der Waals surface area contributed by atoms with Crippen molar-refractivity contribution < 1.29 is 5.11 Å². The fourth-order valence-electron chi connectivity index (χ4n) is 3.28. The highest BCUT2D eigenvalue weighted by atomic mass is 16.3. The first-order chi connectivity index (χ1) is 12.5. The van der Waals surface area contributed by atoms with E-state index in [2.05, 4.69) is 47.2 Å². The number of rotatable bonds is 4. The van der Waals surface area contributed by atoms with Gasteiger partial charge in [-0.2, -0.15) is 0 Å². The predicted molar refractivity (Wildman–Crippen MR) is 103 cm³/mol. The fraction of sp³-hybridized carbons (Fsp3) is 0.450. The van der Waals surface area contributed by atoms with Crippen LogP contribution in [0.1, 0.15) is 43.9 Å². The van der Waals surface area contributed by atoms with Crippen molar-refractivity contribution in [3.8, 4) is 29.4 Å². The zero-order valence-electron chi connectivity index (χ0n) is 15.5. The van der Waals surface area contributed by atoms with Crippen molar-refractivity contribution in [3.63, 3.8) is 0 Å². The number of phenolic OH excluding ortho intramolecular Hbond substituents is 1. The Hall–Kier alpha value is -2.65. The monoisotopic (exact) mass is 351 g/mol. The lowest BCUT2D eigenvalue weighted by Crippen LogP contribution is -2.40. The number of nitrogens with one attached hydrogen (secondary N) is 1. The van der Waals surface area contributed by atoms with E-state index < -0.39 is 0 Å². The van der Waals surface area contributed by atoms with Crippen molar-refractivity contribution >= 4 is 5.95 Å². The highest BCUT2D eigenvalue weighted by Gasteiger charge is 2.21. The van der Waals surface area contributed by atoms with Gasteiger partial charge in [-0.15, -0.1) is 16.6 Å². The number of terminal acetylenes is 1. The Bertz CT molecular complexity index is 827. The number of aromatic hydroxyl groups is 1. The van der Waals surface area contributed by atoms with E-state index in [1.165, 1.54) is 0 Å². The summed E-state index contributed by atoms with van der Waals surface area (Å²) in [6.45, 7) is 6.20. The Morgan fingerprint density at radius 3 is 2.81 bits per heavy atom. The van der Waals surface area contributed by atoms with Crippen molar-refractivity contribution in [1.29, 1.82) is 0 Å². The number of piperidine rings is 1. The first-order valence-electron chi connectivity index (χ1n) is 8.97. The minimum atomic E-state index is 0.0908. The molecule has 0 spiro atoms. The molecule has 3 rings (SSSR count). The minimum Gasteiger partial charge on any atom is -0.507 e. The lowest BCUT2D eigenvalue weighted by atomic mass is 10.0. The third-order valence-corrected chi connectivity index (χ3v) is 4.64. The van der Waals surface area contributed by atoms with Gasteiger partial charge in [0, 0.05) is 23.7 Å². The molecule has 0 radical (unpaired) electrons. The van der Waals surface area contributed by atoms with E-state index in [1.807, 2.05) is 0 Å². The molecule has 6 heteroatoms. The number of phenols is 1. The second kappa shape index (κ2) is 7.71.